The Morgan fingerprint density at radius 3 is 1.92 bits per heavy atom. The minimum Gasteiger partial charge on any atom is -0.201 e. The van der Waals surface area contributed by atoms with Crippen molar-refractivity contribution < 1.29 is 4.57 Å². The van der Waals surface area contributed by atoms with Crippen LogP contribution in [0.15, 0.2) is 109 Å². The van der Waals surface area contributed by atoms with Gasteiger partial charge in [-0.05, 0) is 92.4 Å². The lowest BCUT2D eigenvalue weighted by Crippen LogP contribution is -2.30. The van der Waals surface area contributed by atoms with Crippen molar-refractivity contribution in [3.63, 3.8) is 0 Å². The van der Waals surface area contributed by atoms with Gasteiger partial charge in [0.1, 0.15) is 7.05 Å². The van der Waals surface area contributed by atoms with E-state index in [2.05, 4.69) is 142 Å². The third-order valence-electron chi connectivity index (χ3n) is 8.06. The topological polar surface area (TPSA) is 3.88 Å². The van der Waals surface area contributed by atoms with Crippen molar-refractivity contribution >= 4 is 21.5 Å². The predicted molar refractivity (Wildman–Crippen MR) is 162 cm³/mol. The summed E-state index contributed by atoms with van der Waals surface area (Å²) in [5.41, 5.74) is 12.1. The first-order chi connectivity index (χ1) is 18.6. The summed E-state index contributed by atoms with van der Waals surface area (Å²) in [6.07, 6.45) is 4.09. The molecule has 38 heavy (non-hydrogen) atoms. The molecule has 0 aliphatic rings. The van der Waals surface area contributed by atoms with Gasteiger partial charge in [0.15, 0.2) is 6.20 Å². The summed E-state index contributed by atoms with van der Waals surface area (Å²) in [7, 11) is 2.14. The van der Waals surface area contributed by atoms with Crippen molar-refractivity contribution in [2.24, 2.45) is 7.05 Å². The highest BCUT2D eigenvalue weighted by molar-refractivity contribution is 6.14. The van der Waals surface area contributed by atoms with Crippen LogP contribution in [0.5, 0.6) is 0 Å². The zero-order chi connectivity index (χ0) is 26.2. The fourth-order valence-electron chi connectivity index (χ4n) is 6.27. The van der Waals surface area contributed by atoms with E-state index in [0.717, 1.165) is 12.8 Å². The van der Waals surface area contributed by atoms with Crippen LogP contribution in [-0.4, -0.2) is 0 Å². The molecule has 6 rings (SSSR count). The highest BCUT2D eigenvalue weighted by atomic mass is 14.9. The van der Waals surface area contributed by atoms with E-state index >= 15 is 0 Å². The van der Waals surface area contributed by atoms with Crippen LogP contribution in [0.25, 0.3) is 55.1 Å². The van der Waals surface area contributed by atoms with E-state index in [0.29, 0.717) is 0 Å². The Kier molecular flexibility index (Phi) is 6.29. The predicted octanol–water partition coefficient (Wildman–Crippen LogP) is 9.25. The Labute approximate surface area is 226 Å². The van der Waals surface area contributed by atoms with Gasteiger partial charge in [-0.25, -0.2) is 4.57 Å². The zero-order valence-corrected chi connectivity index (χ0v) is 22.8. The molecule has 1 heterocycles. The maximum absolute atomic E-state index is 2.39. The van der Waals surface area contributed by atoms with E-state index in [-0.39, 0.29) is 0 Å². The number of nitrogens with zero attached hydrogens (tertiary/aromatic N) is 1. The lowest BCUT2D eigenvalue weighted by atomic mass is 9.83. The second kappa shape index (κ2) is 9.91. The largest absolute Gasteiger partial charge is 0.212 e. The van der Waals surface area contributed by atoms with Crippen molar-refractivity contribution in [2.45, 2.75) is 33.6 Å². The average Bonchev–Trinajstić information content (AvgIpc) is 2.96. The van der Waals surface area contributed by atoms with Gasteiger partial charge in [-0.15, -0.1) is 0 Å². The molecule has 6 aromatic rings. The molecule has 1 heteroatoms. The number of rotatable bonds is 5. The van der Waals surface area contributed by atoms with Gasteiger partial charge in [0.25, 0.3) is 0 Å². The summed E-state index contributed by atoms with van der Waals surface area (Å²) >= 11 is 0. The Balaban J connectivity index is 1.64. The normalized spacial score (nSPS) is 11.4. The lowest BCUT2D eigenvalue weighted by molar-refractivity contribution is -0.660. The first-order valence-corrected chi connectivity index (χ1v) is 13.7. The first kappa shape index (κ1) is 24.1. The van der Waals surface area contributed by atoms with Crippen LogP contribution < -0.4 is 4.57 Å². The Bertz CT molecular complexity index is 1810. The van der Waals surface area contributed by atoms with E-state index in [4.69, 9.17) is 0 Å². The average molecular weight is 493 g/mol. The molecule has 0 amide bonds. The molecule has 0 saturated carbocycles. The minimum atomic E-state index is 0.970. The number of benzene rings is 5. The Morgan fingerprint density at radius 2 is 1.18 bits per heavy atom. The molecule has 0 aliphatic heterocycles. The summed E-state index contributed by atoms with van der Waals surface area (Å²) in [4.78, 5) is 0. The van der Waals surface area contributed by atoms with Gasteiger partial charge >= 0.3 is 0 Å². The number of aryl methyl sites for hydroxylation is 2. The van der Waals surface area contributed by atoms with Crippen LogP contribution in [0.2, 0.25) is 0 Å². The van der Waals surface area contributed by atoms with Gasteiger partial charge in [0.05, 0.1) is 5.56 Å². The van der Waals surface area contributed by atoms with Crippen LogP contribution in [0.1, 0.15) is 30.5 Å². The van der Waals surface area contributed by atoms with Crippen molar-refractivity contribution in [3.8, 4) is 33.5 Å². The minimum absolute atomic E-state index is 0.970. The molecular formula is C37H34N+. The van der Waals surface area contributed by atoms with Crippen LogP contribution in [0.3, 0.4) is 0 Å². The highest BCUT2D eigenvalue weighted by Gasteiger charge is 2.21. The number of aromatic nitrogens is 1. The van der Waals surface area contributed by atoms with Crippen LogP contribution in [-0.2, 0) is 19.9 Å². The molecule has 0 saturated heterocycles. The third-order valence-corrected chi connectivity index (χ3v) is 8.06. The molecule has 1 aromatic heterocycles. The fraction of sp³-hybridized carbons (Fsp3) is 0.162. The Hall–Kier alpha value is -4.23. The maximum Gasteiger partial charge on any atom is 0.212 e. The molecule has 186 valence electrons. The first-order valence-electron chi connectivity index (χ1n) is 13.7. The number of pyridine rings is 1. The molecule has 0 fully saturated rings. The molecule has 0 spiro atoms. The quantitative estimate of drug-likeness (QED) is 0.167. The molecule has 0 bridgehead atoms. The van der Waals surface area contributed by atoms with E-state index in [1.807, 2.05) is 0 Å². The second-order valence-electron chi connectivity index (χ2n) is 10.2. The molecule has 0 N–H and O–H groups in total. The highest BCUT2D eigenvalue weighted by Crippen LogP contribution is 2.41. The molecule has 0 unspecified atom stereocenters. The van der Waals surface area contributed by atoms with Crippen molar-refractivity contribution in [1.29, 1.82) is 0 Å². The van der Waals surface area contributed by atoms with Gasteiger partial charge < -0.3 is 0 Å². The van der Waals surface area contributed by atoms with Crippen molar-refractivity contribution in [3.05, 3.63) is 126 Å². The summed E-state index contributed by atoms with van der Waals surface area (Å²) in [5, 5.41) is 5.23. The van der Waals surface area contributed by atoms with Gasteiger partial charge in [-0.2, -0.15) is 0 Å². The van der Waals surface area contributed by atoms with Crippen LogP contribution >= 0.6 is 0 Å². The standard InChI is InChI=1S/C37H34N/c1-5-27-30(34-22-21-25(3)37(28(34)6-2)36-20-11-12-23-38(36)4)18-13-19-31(27)35-24-26-14-7-8-15-29(26)32-16-9-10-17-33(32)35/h7-24H,5-6H2,1-4H3/q+1. The molecule has 0 atom stereocenters. The van der Waals surface area contributed by atoms with Crippen molar-refractivity contribution in [2.75, 3.05) is 0 Å². The van der Waals surface area contributed by atoms with Crippen LogP contribution in [0, 0.1) is 6.92 Å². The van der Waals surface area contributed by atoms with Crippen LogP contribution in [0.4, 0.5) is 0 Å². The summed E-state index contributed by atoms with van der Waals surface area (Å²) in [6.45, 7) is 6.82. The van der Waals surface area contributed by atoms with Gasteiger partial charge in [-0.3, -0.25) is 0 Å². The third kappa shape index (κ3) is 3.90. The number of fused-ring (bicyclic) bond motifs is 3. The molecular weight excluding hydrogens is 458 g/mol. The van der Waals surface area contributed by atoms with Crippen molar-refractivity contribution in [1.82, 2.24) is 0 Å². The molecule has 5 aromatic carbocycles. The SMILES string of the molecule is CCc1c(-c2ccc(C)c(-c3cccc[n+]3C)c2CC)cccc1-c1cc2ccccc2c2ccccc12. The smallest absolute Gasteiger partial charge is 0.201 e. The molecule has 1 nitrogen and oxygen atoms in total. The van der Waals surface area contributed by atoms with Gasteiger partial charge in [-0.1, -0.05) is 92.7 Å². The van der Waals surface area contributed by atoms with E-state index in [9.17, 15) is 0 Å². The number of hydrogen-bond acceptors (Lipinski definition) is 0. The zero-order valence-electron chi connectivity index (χ0n) is 22.8. The van der Waals surface area contributed by atoms with Gasteiger partial charge in [0.2, 0.25) is 5.69 Å². The maximum atomic E-state index is 2.39. The number of hydrogen-bond donors (Lipinski definition) is 0. The Morgan fingerprint density at radius 1 is 0.553 bits per heavy atom. The van der Waals surface area contributed by atoms with E-state index < -0.39 is 0 Å². The summed E-state index contributed by atoms with van der Waals surface area (Å²) in [5.74, 6) is 0. The lowest BCUT2D eigenvalue weighted by Gasteiger charge is -2.20. The summed E-state index contributed by atoms with van der Waals surface area (Å²) < 4.78 is 2.24. The van der Waals surface area contributed by atoms with E-state index in [1.165, 1.54) is 71.7 Å². The molecule has 0 aliphatic carbocycles. The van der Waals surface area contributed by atoms with Gasteiger partial charge in [0, 0.05) is 12.1 Å². The monoisotopic (exact) mass is 492 g/mol. The summed E-state index contributed by atoms with van der Waals surface area (Å²) in [6, 6.07) is 38.0. The fourth-order valence-corrected chi connectivity index (χ4v) is 6.27. The second-order valence-corrected chi connectivity index (χ2v) is 10.2. The van der Waals surface area contributed by atoms with E-state index in [1.54, 1.807) is 0 Å². The molecule has 0 radical (unpaired) electrons.